The molecule has 0 aromatic heterocycles. The number of carbonyl (C=O) groups is 1. The molecular weight excluding hydrogens is 296 g/mol. The van der Waals surface area contributed by atoms with Gasteiger partial charge < -0.3 is 19.5 Å². The average molecular weight is 322 g/mol. The van der Waals surface area contributed by atoms with Gasteiger partial charge in [0.2, 0.25) is 5.91 Å². The average Bonchev–Trinajstić information content (AvgIpc) is 2.53. The highest BCUT2D eigenvalue weighted by atomic mass is 16.5. The number of rotatable bonds is 5. The zero-order valence-electron chi connectivity index (χ0n) is 14.5. The Morgan fingerprint density at radius 1 is 1.35 bits per heavy atom. The molecule has 1 aromatic carbocycles. The first-order valence-corrected chi connectivity index (χ1v) is 7.77. The highest BCUT2D eigenvalue weighted by Crippen LogP contribution is 2.29. The number of morpholine rings is 1. The molecule has 0 spiro atoms. The van der Waals surface area contributed by atoms with Crippen LogP contribution in [-0.4, -0.2) is 56.4 Å². The fraction of sp³-hybridized carbons (Fsp3) is 0.588. The van der Waals surface area contributed by atoms with Crippen molar-refractivity contribution in [2.75, 3.05) is 39.2 Å². The van der Waals surface area contributed by atoms with E-state index in [9.17, 15) is 4.79 Å². The minimum absolute atomic E-state index is 0.0637. The summed E-state index contributed by atoms with van der Waals surface area (Å²) in [5.74, 6) is 1.20. The SMILES string of the molecule is COc1ccc(NC(=O)C(C)N2CCOC(C)(C)C2)c(OC)c1. The van der Waals surface area contributed by atoms with Gasteiger partial charge in [0.25, 0.3) is 0 Å². The number of carbonyl (C=O) groups excluding carboxylic acids is 1. The summed E-state index contributed by atoms with van der Waals surface area (Å²) in [6.07, 6.45) is 0. The standard InChI is InChI=1S/C17H26N2O4/c1-12(19-8-9-23-17(2,3)11-19)16(20)18-14-7-6-13(21-4)10-15(14)22-5/h6-7,10,12H,8-9,11H2,1-5H3,(H,18,20). The molecule has 1 N–H and O–H groups in total. The predicted molar refractivity (Wildman–Crippen MR) is 89.2 cm³/mol. The Morgan fingerprint density at radius 2 is 2.09 bits per heavy atom. The van der Waals surface area contributed by atoms with Crippen LogP contribution in [0.3, 0.4) is 0 Å². The lowest BCUT2D eigenvalue weighted by Gasteiger charge is -2.40. The molecule has 1 aliphatic heterocycles. The Morgan fingerprint density at radius 3 is 2.70 bits per heavy atom. The first kappa shape index (κ1) is 17.6. The van der Waals surface area contributed by atoms with Gasteiger partial charge in [0, 0.05) is 19.2 Å². The number of hydrogen-bond acceptors (Lipinski definition) is 5. The van der Waals surface area contributed by atoms with E-state index in [0.717, 1.165) is 13.1 Å². The number of ether oxygens (including phenoxy) is 3. The molecular formula is C17H26N2O4. The van der Waals surface area contributed by atoms with E-state index in [1.807, 2.05) is 20.8 Å². The maximum Gasteiger partial charge on any atom is 0.241 e. The molecule has 6 nitrogen and oxygen atoms in total. The van der Waals surface area contributed by atoms with E-state index in [-0.39, 0.29) is 17.6 Å². The highest BCUT2D eigenvalue weighted by Gasteiger charge is 2.32. The lowest BCUT2D eigenvalue weighted by Crippen LogP contribution is -2.54. The second kappa shape index (κ2) is 7.19. The van der Waals surface area contributed by atoms with E-state index in [0.29, 0.717) is 23.8 Å². The van der Waals surface area contributed by atoms with Crippen molar-refractivity contribution in [1.82, 2.24) is 4.90 Å². The Hall–Kier alpha value is -1.79. The summed E-state index contributed by atoms with van der Waals surface area (Å²) < 4.78 is 16.2. The maximum absolute atomic E-state index is 12.6. The third-order valence-electron chi connectivity index (χ3n) is 4.05. The Kier molecular flexibility index (Phi) is 5.49. The van der Waals surface area contributed by atoms with Crippen LogP contribution in [0.4, 0.5) is 5.69 Å². The predicted octanol–water partition coefficient (Wildman–Crippen LogP) is 2.14. The van der Waals surface area contributed by atoms with Gasteiger partial charge in [0.15, 0.2) is 0 Å². The van der Waals surface area contributed by atoms with Gasteiger partial charge >= 0.3 is 0 Å². The second-order valence-corrected chi connectivity index (χ2v) is 6.31. The van der Waals surface area contributed by atoms with Crippen molar-refractivity contribution in [2.24, 2.45) is 0 Å². The molecule has 23 heavy (non-hydrogen) atoms. The summed E-state index contributed by atoms with van der Waals surface area (Å²) in [6.45, 7) is 8.09. The lowest BCUT2D eigenvalue weighted by atomic mass is 10.1. The third-order valence-corrected chi connectivity index (χ3v) is 4.05. The first-order valence-electron chi connectivity index (χ1n) is 7.77. The maximum atomic E-state index is 12.6. The summed E-state index contributed by atoms with van der Waals surface area (Å²) in [5.41, 5.74) is 0.405. The lowest BCUT2D eigenvalue weighted by molar-refractivity contribution is -0.129. The Labute approximate surface area is 137 Å². The number of nitrogens with zero attached hydrogens (tertiary/aromatic N) is 1. The Balaban J connectivity index is 2.06. The molecule has 1 atom stereocenters. The van der Waals surface area contributed by atoms with E-state index in [1.165, 1.54) is 0 Å². The summed E-state index contributed by atoms with van der Waals surface area (Å²) in [5, 5.41) is 2.94. The molecule has 1 heterocycles. The van der Waals surface area contributed by atoms with Crippen LogP contribution in [0.15, 0.2) is 18.2 Å². The minimum atomic E-state index is -0.245. The molecule has 1 fully saturated rings. The number of anilines is 1. The smallest absolute Gasteiger partial charge is 0.241 e. The molecule has 1 aromatic rings. The quantitative estimate of drug-likeness (QED) is 0.900. The van der Waals surface area contributed by atoms with Gasteiger partial charge in [-0.1, -0.05) is 0 Å². The molecule has 0 saturated carbocycles. The van der Waals surface area contributed by atoms with Crippen LogP contribution in [-0.2, 0) is 9.53 Å². The number of hydrogen-bond donors (Lipinski definition) is 1. The van der Waals surface area contributed by atoms with E-state index in [4.69, 9.17) is 14.2 Å². The van der Waals surface area contributed by atoms with E-state index in [2.05, 4.69) is 10.2 Å². The number of amides is 1. The second-order valence-electron chi connectivity index (χ2n) is 6.31. The van der Waals surface area contributed by atoms with Gasteiger partial charge in [-0.25, -0.2) is 0 Å². The van der Waals surface area contributed by atoms with Gasteiger partial charge in [-0.05, 0) is 32.9 Å². The monoisotopic (exact) mass is 322 g/mol. The van der Waals surface area contributed by atoms with Gasteiger partial charge in [0.1, 0.15) is 11.5 Å². The van der Waals surface area contributed by atoms with Crippen molar-refractivity contribution in [3.8, 4) is 11.5 Å². The molecule has 0 radical (unpaired) electrons. The van der Waals surface area contributed by atoms with Crippen molar-refractivity contribution in [3.05, 3.63) is 18.2 Å². The molecule has 1 saturated heterocycles. The van der Waals surface area contributed by atoms with E-state index >= 15 is 0 Å². The molecule has 0 aliphatic carbocycles. The van der Waals surface area contributed by atoms with Crippen molar-refractivity contribution < 1.29 is 19.0 Å². The largest absolute Gasteiger partial charge is 0.497 e. The normalized spacial score (nSPS) is 19.0. The molecule has 2 rings (SSSR count). The molecule has 0 bridgehead atoms. The van der Waals surface area contributed by atoms with Crippen molar-refractivity contribution >= 4 is 11.6 Å². The topological polar surface area (TPSA) is 60.0 Å². The zero-order chi connectivity index (χ0) is 17.0. The minimum Gasteiger partial charge on any atom is -0.497 e. The van der Waals surface area contributed by atoms with E-state index in [1.54, 1.807) is 32.4 Å². The van der Waals surface area contributed by atoms with Crippen LogP contribution >= 0.6 is 0 Å². The van der Waals surface area contributed by atoms with Gasteiger partial charge in [-0.3, -0.25) is 9.69 Å². The fourth-order valence-electron chi connectivity index (χ4n) is 2.69. The summed E-state index contributed by atoms with van der Waals surface area (Å²) in [7, 11) is 3.16. The first-order chi connectivity index (χ1) is 10.9. The summed E-state index contributed by atoms with van der Waals surface area (Å²) in [4.78, 5) is 14.7. The van der Waals surface area contributed by atoms with Gasteiger partial charge in [0.05, 0.1) is 38.2 Å². The van der Waals surface area contributed by atoms with Crippen molar-refractivity contribution in [1.29, 1.82) is 0 Å². The Bertz CT molecular complexity index is 560. The van der Waals surface area contributed by atoms with Gasteiger partial charge in [-0.15, -0.1) is 0 Å². The number of methoxy groups -OCH3 is 2. The zero-order valence-corrected chi connectivity index (χ0v) is 14.5. The molecule has 1 aliphatic rings. The highest BCUT2D eigenvalue weighted by molar-refractivity contribution is 5.96. The third kappa shape index (κ3) is 4.36. The number of benzene rings is 1. The summed E-state index contributed by atoms with van der Waals surface area (Å²) in [6, 6.07) is 5.08. The molecule has 6 heteroatoms. The fourth-order valence-corrected chi connectivity index (χ4v) is 2.69. The molecule has 128 valence electrons. The van der Waals surface area contributed by atoms with Crippen LogP contribution in [0.2, 0.25) is 0 Å². The number of nitrogens with one attached hydrogen (secondary N) is 1. The summed E-state index contributed by atoms with van der Waals surface area (Å²) >= 11 is 0. The van der Waals surface area contributed by atoms with Crippen LogP contribution in [0.25, 0.3) is 0 Å². The van der Waals surface area contributed by atoms with Gasteiger partial charge in [-0.2, -0.15) is 0 Å². The van der Waals surface area contributed by atoms with Crippen LogP contribution in [0.1, 0.15) is 20.8 Å². The molecule has 1 unspecified atom stereocenters. The van der Waals surface area contributed by atoms with Crippen LogP contribution < -0.4 is 14.8 Å². The molecule has 1 amide bonds. The van der Waals surface area contributed by atoms with E-state index < -0.39 is 0 Å². The van der Waals surface area contributed by atoms with Crippen molar-refractivity contribution in [3.63, 3.8) is 0 Å². The van der Waals surface area contributed by atoms with Crippen LogP contribution in [0.5, 0.6) is 11.5 Å². The van der Waals surface area contributed by atoms with Crippen LogP contribution in [0, 0.1) is 0 Å². The van der Waals surface area contributed by atoms with Crippen molar-refractivity contribution in [2.45, 2.75) is 32.4 Å².